The molecule has 3 fully saturated rings. The smallest absolute Gasteiger partial charge is 0.317 e. The summed E-state index contributed by atoms with van der Waals surface area (Å²) in [7, 11) is 1.85. The van der Waals surface area contributed by atoms with Crippen molar-refractivity contribution in [3.63, 3.8) is 0 Å². The van der Waals surface area contributed by atoms with Crippen LogP contribution in [0.4, 0.5) is 4.79 Å². The van der Waals surface area contributed by atoms with Crippen LogP contribution in [0.25, 0.3) is 0 Å². The van der Waals surface area contributed by atoms with Crippen molar-refractivity contribution in [3.05, 3.63) is 35.4 Å². The van der Waals surface area contributed by atoms with Gasteiger partial charge in [-0.25, -0.2) is 4.79 Å². The van der Waals surface area contributed by atoms with Crippen molar-refractivity contribution < 1.29 is 9.59 Å². The number of aryl methyl sites for hydroxylation is 1. The minimum atomic E-state index is -0.194. The Morgan fingerprint density at radius 1 is 1.22 bits per heavy atom. The van der Waals surface area contributed by atoms with E-state index in [1.807, 2.05) is 7.05 Å². The van der Waals surface area contributed by atoms with E-state index < -0.39 is 0 Å². The van der Waals surface area contributed by atoms with Gasteiger partial charge in [-0.3, -0.25) is 4.79 Å². The molecule has 2 aliphatic carbocycles. The first-order chi connectivity index (χ1) is 13.0. The van der Waals surface area contributed by atoms with Gasteiger partial charge >= 0.3 is 6.03 Å². The molecular weight excluding hydrogens is 338 g/mol. The van der Waals surface area contributed by atoms with Crippen LogP contribution in [0.1, 0.15) is 56.1 Å². The number of rotatable bonds is 5. The summed E-state index contributed by atoms with van der Waals surface area (Å²) in [5, 5.41) is 3.24. The molecule has 1 unspecified atom stereocenters. The first-order valence-corrected chi connectivity index (χ1v) is 10.4. The highest BCUT2D eigenvalue weighted by molar-refractivity contribution is 5.79. The van der Waals surface area contributed by atoms with E-state index in [0.29, 0.717) is 19.0 Å². The minimum Gasteiger partial charge on any atom is -0.339 e. The third kappa shape index (κ3) is 3.83. The molecular formula is C22H31N3O2. The molecule has 1 aliphatic heterocycles. The van der Waals surface area contributed by atoms with Crippen LogP contribution < -0.4 is 5.32 Å². The molecule has 2 saturated carbocycles. The molecule has 0 bridgehead atoms. The number of amides is 3. The molecule has 1 N–H and O–H groups in total. The average Bonchev–Trinajstić information content (AvgIpc) is 3.05. The maximum Gasteiger partial charge on any atom is 0.317 e. The Hall–Kier alpha value is -2.04. The molecule has 3 aliphatic rings. The van der Waals surface area contributed by atoms with E-state index >= 15 is 0 Å². The summed E-state index contributed by atoms with van der Waals surface area (Å²) in [6, 6.07) is 8.87. The molecule has 0 aromatic heterocycles. The Balaban J connectivity index is 1.32. The molecule has 5 heteroatoms. The topological polar surface area (TPSA) is 52.7 Å². The standard InChI is InChI=1S/C22H31N3O2/c1-16-7-9-18(10-8-16)22(11-12-22)23-21(27)24(2)14-17-13-20(26)25(15-17)19-5-3-4-6-19/h7-10,17,19H,3-6,11-15H2,1-2H3,(H,23,27). The third-order valence-electron chi connectivity index (χ3n) is 6.58. The van der Waals surface area contributed by atoms with Gasteiger partial charge in [0.1, 0.15) is 0 Å². The summed E-state index contributed by atoms with van der Waals surface area (Å²) >= 11 is 0. The third-order valence-corrected chi connectivity index (χ3v) is 6.58. The van der Waals surface area contributed by atoms with Gasteiger partial charge < -0.3 is 15.1 Å². The molecule has 1 atom stereocenters. The molecule has 1 saturated heterocycles. The predicted molar refractivity (Wildman–Crippen MR) is 105 cm³/mol. The molecule has 1 aromatic rings. The fraction of sp³-hybridized carbons (Fsp3) is 0.636. The van der Waals surface area contributed by atoms with Crippen molar-refractivity contribution in [3.8, 4) is 0 Å². The summed E-state index contributed by atoms with van der Waals surface area (Å²) in [6.45, 7) is 3.53. The Morgan fingerprint density at radius 3 is 2.52 bits per heavy atom. The van der Waals surface area contributed by atoms with Gasteiger partial charge in [0.15, 0.2) is 0 Å². The zero-order chi connectivity index (χ0) is 19.0. The zero-order valence-electron chi connectivity index (χ0n) is 16.5. The van der Waals surface area contributed by atoms with E-state index in [1.54, 1.807) is 4.90 Å². The lowest BCUT2D eigenvalue weighted by Crippen LogP contribution is -2.45. The number of benzene rings is 1. The van der Waals surface area contributed by atoms with Crippen molar-refractivity contribution in [1.29, 1.82) is 0 Å². The fourth-order valence-electron chi connectivity index (χ4n) is 4.75. The van der Waals surface area contributed by atoms with Crippen LogP contribution >= 0.6 is 0 Å². The maximum atomic E-state index is 12.8. The molecule has 146 valence electrons. The first-order valence-electron chi connectivity index (χ1n) is 10.4. The second-order valence-electron chi connectivity index (χ2n) is 8.81. The molecule has 4 rings (SSSR count). The highest BCUT2D eigenvalue weighted by Gasteiger charge is 2.46. The molecule has 1 aromatic carbocycles. The van der Waals surface area contributed by atoms with E-state index in [9.17, 15) is 9.59 Å². The van der Waals surface area contributed by atoms with Gasteiger partial charge in [0.25, 0.3) is 0 Å². The first kappa shape index (κ1) is 18.3. The summed E-state index contributed by atoms with van der Waals surface area (Å²) in [6.07, 6.45) is 7.34. The van der Waals surface area contributed by atoms with Crippen LogP contribution in [0.3, 0.4) is 0 Å². The molecule has 1 heterocycles. The van der Waals surface area contributed by atoms with E-state index in [-0.39, 0.29) is 23.4 Å². The number of likely N-dealkylation sites (tertiary alicyclic amines) is 1. The second kappa shape index (κ2) is 7.17. The van der Waals surface area contributed by atoms with Gasteiger partial charge in [-0.15, -0.1) is 0 Å². The molecule has 5 nitrogen and oxygen atoms in total. The highest BCUT2D eigenvalue weighted by atomic mass is 16.2. The van der Waals surface area contributed by atoms with Gasteiger partial charge in [-0.1, -0.05) is 42.7 Å². The fourth-order valence-corrected chi connectivity index (χ4v) is 4.75. The van der Waals surface area contributed by atoms with Gasteiger partial charge in [0.05, 0.1) is 5.54 Å². The van der Waals surface area contributed by atoms with Gasteiger partial charge in [-0.2, -0.15) is 0 Å². The number of urea groups is 1. The van der Waals surface area contributed by atoms with Crippen LogP contribution in [0.15, 0.2) is 24.3 Å². The normalized spacial score (nSPS) is 24.3. The summed E-state index contributed by atoms with van der Waals surface area (Å²) in [4.78, 5) is 29.0. The molecule has 3 amide bonds. The van der Waals surface area contributed by atoms with Crippen LogP contribution in [0.2, 0.25) is 0 Å². The molecule has 0 spiro atoms. The number of carbonyl (C=O) groups excluding carboxylic acids is 2. The lowest BCUT2D eigenvalue weighted by molar-refractivity contribution is -0.129. The van der Waals surface area contributed by atoms with Gasteiger partial charge in [0.2, 0.25) is 5.91 Å². The van der Waals surface area contributed by atoms with Gasteiger partial charge in [0, 0.05) is 38.5 Å². The van der Waals surface area contributed by atoms with Crippen molar-refractivity contribution in [1.82, 2.24) is 15.1 Å². The Labute approximate surface area is 162 Å². The zero-order valence-corrected chi connectivity index (χ0v) is 16.5. The summed E-state index contributed by atoms with van der Waals surface area (Å²) in [5.74, 6) is 0.530. The number of nitrogens with zero attached hydrogens (tertiary/aromatic N) is 2. The largest absolute Gasteiger partial charge is 0.339 e. The lowest BCUT2D eigenvalue weighted by Gasteiger charge is -2.27. The highest BCUT2D eigenvalue weighted by Crippen LogP contribution is 2.45. The predicted octanol–water partition coefficient (Wildman–Crippen LogP) is 3.42. The van der Waals surface area contributed by atoms with Crippen molar-refractivity contribution in [2.75, 3.05) is 20.1 Å². The Bertz CT molecular complexity index is 705. The summed E-state index contributed by atoms with van der Waals surface area (Å²) in [5.41, 5.74) is 2.23. The van der Waals surface area contributed by atoms with Crippen LogP contribution in [0, 0.1) is 12.8 Å². The van der Waals surface area contributed by atoms with E-state index in [2.05, 4.69) is 41.4 Å². The van der Waals surface area contributed by atoms with E-state index in [0.717, 1.165) is 32.2 Å². The minimum absolute atomic E-state index is 0.0279. The summed E-state index contributed by atoms with van der Waals surface area (Å²) < 4.78 is 0. The molecule has 27 heavy (non-hydrogen) atoms. The van der Waals surface area contributed by atoms with Crippen LogP contribution in [-0.2, 0) is 10.3 Å². The van der Waals surface area contributed by atoms with Crippen molar-refractivity contribution >= 4 is 11.9 Å². The average molecular weight is 370 g/mol. The second-order valence-corrected chi connectivity index (χ2v) is 8.81. The number of hydrogen-bond acceptors (Lipinski definition) is 2. The van der Waals surface area contributed by atoms with E-state index in [4.69, 9.17) is 0 Å². The van der Waals surface area contributed by atoms with Crippen LogP contribution in [-0.4, -0.2) is 47.9 Å². The lowest BCUT2D eigenvalue weighted by atomic mass is 10.0. The van der Waals surface area contributed by atoms with Crippen molar-refractivity contribution in [2.24, 2.45) is 5.92 Å². The maximum absolute atomic E-state index is 12.8. The number of nitrogens with one attached hydrogen (secondary N) is 1. The van der Waals surface area contributed by atoms with Gasteiger partial charge in [-0.05, 0) is 38.2 Å². The van der Waals surface area contributed by atoms with Crippen molar-refractivity contribution in [2.45, 2.75) is 63.5 Å². The number of carbonyl (C=O) groups is 2. The molecule has 0 radical (unpaired) electrons. The number of hydrogen-bond donors (Lipinski definition) is 1. The van der Waals surface area contributed by atoms with E-state index in [1.165, 1.54) is 24.0 Å². The quantitative estimate of drug-likeness (QED) is 0.865. The monoisotopic (exact) mass is 369 g/mol. The Morgan fingerprint density at radius 2 is 1.89 bits per heavy atom. The van der Waals surface area contributed by atoms with Crippen LogP contribution in [0.5, 0.6) is 0 Å². The Kier molecular flexibility index (Phi) is 4.87. The SMILES string of the molecule is Cc1ccc(C2(NC(=O)N(C)CC3CC(=O)N(C4CCCC4)C3)CC2)cc1.